The monoisotopic (exact) mass is 483 g/mol. The zero-order valence-electron chi connectivity index (χ0n) is 19.5. The molecule has 1 amide bonds. The van der Waals surface area contributed by atoms with Gasteiger partial charge in [0.05, 0.1) is 11.1 Å². The van der Waals surface area contributed by atoms with Gasteiger partial charge in [-0.25, -0.2) is 0 Å². The summed E-state index contributed by atoms with van der Waals surface area (Å²) in [5, 5.41) is 16.7. The summed E-state index contributed by atoms with van der Waals surface area (Å²) < 4.78 is 25.8. The van der Waals surface area contributed by atoms with Crippen molar-refractivity contribution in [3.63, 3.8) is 0 Å². The zero-order valence-corrected chi connectivity index (χ0v) is 20.4. The third-order valence-electron chi connectivity index (χ3n) is 6.27. The highest BCUT2D eigenvalue weighted by Crippen LogP contribution is 2.57. The van der Waals surface area contributed by atoms with Crippen LogP contribution in [0.25, 0.3) is 5.76 Å². The van der Waals surface area contributed by atoms with Crippen LogP contribution >= 0.6 is 10.8 Å². The number of aliphatic hydroxyl groups is 1. The molecule has 9 heteroatoms. The van der Waals surface area contributed by atoms with Gasteiger partial charge in [-0.1, -0.05) is 48.9 Å². The molecule has 2 aromatic carbocycles. The quantitative estimate of drug-likeness (QED) is 0.369. The first-order valence-electron chi connectivity index (χ1n) is 11.1. The SMILES string of the molecule is CC(=O)Nc1ccc2c(c1)S(O)(O)N=C(C1=C(O)c3ccccc3[C@@](C)(CCC(C)C)C1=O)N2. The second-order valence-electron chi connectivity index (χ2n) is 9.34. The fourth-order valence-electron chi connectivity index (χ4n) is 4.42. The first-order chi connectivity index (χ1) is 15.9. The van der Waals surface area contributed by atoms with Crippen LogP contribution in [0.1, 0.15) is 51.7 Å². The molecular formula is C25H29N3O5S. The van der Waals surface area contributed by atoms with Crippen LogP contribution in [-0.2, 0) is 15.0 Å². The van der Waals surface area contributed by atoms with Crippen molar-refractivity contribution in [3.05, 3.63) is 59.2 Å². The highest BCUT2D eigenvalue weighted by Gasteiger charge is 2.46. The van der Waals surface area contributed by atoms with Gasteiger partial charge in [-0.05, 0) is 49.4 Å². The summed E-state index contributed by atoms with van der Waals surface area (Å²) in [7, 11) is -3.71. The third kappa shape index (κ3) is 4.11. The number of nitrogens with one attached hydrogen (secondary N) is 2. The average molecular weight is 484 g/mol. The number of rotatable bonds is 5. The molecule has 4 rings (SSSR count). The molecule has 0 radical (unpaired) electrons. The Hall–Kier alpha value is -3.14. The van der Waals surface area contributed by atoms with Gasteiger partial charge in [0.25, 0.3) is 0 Å². The van der Waals surface area contributed by atoms with Crippen molar-refractivity contribution in [2.24, 2.45) is 10.3 Å². The highest BCUT2D eigenvalue weighted by molar-refractivity contribution is 8.23. The van der Waals surface area contributed by atoms with Gasteiger partial charge < -0.3 is 15.7 Å². The van der Waals surface area contributed by atoms with Crippen LogP contribution in [-0.4, -0.2) is 31.7 Å². The summed E-state index contributed by atoms with van der Waals surface area (Å²) in [6.45, 7) is 7.39. The standard InChI is InChI=1S/C25H29N3O5S/c1-14(2)11-12-25(4)18-8-6-5-7-17(18)22(30)21(23(25)31)24-27-19-10-9-16(26-15(3)29)13-20(19)34(32,33)28-24/h5-10,13-14,30,32-33H,11-12H2,1-4H3,(H,26,29)(H,27,28)/t25-/m1/s1. The van der Waals surface area contributed by atoms with E-state index in [2.05, 4.69) is 28.9 Å². The molecule has 180 valence electrons. The Morgan fingerprint density at radius 2 is 1.91 bits per heavy atom. The molecule has 0 saturated heterocycles. The number of amides is 1. The van der Waals surface area contributed by atoms with Gasteiger partial charge in [-0.15, -0.1) is 4.40 Å². The molecule has 1 heterocycles. The van der Waals surface area contributed by atoms with E-state index in [9.17, 15) is 23.8 Å². The predicted molar refractivity (Wildman–Crippen MR) is 135 cm³/mol. The zero-order chi connectivity index (χ0) is 24.8. The van der Waals surface area contributed by atoms with Crippen LogP contribution in [0, 0.1) is 5.92 Å². The molecule has 0 unspecified atom stereocenters. The molecule has 0 aromatic heterocycles. The number of hydrogen-bond acceptors (Lipinski definition) is 7. The number of hydrogen-bond donors (Lipinski definition) is 5. The number of carbonyl (C=O) groups is 2. The molecule has 0 saturated carbocycles. The van der Waals surface area contributed by atoms with Crippen molar-refractivity contribution in [2.45, 2.75) is 50.8 Å². The van der Waals surface area contributed by atoms with Crippen LogP contribution in [0.3, 0.4) is 0 Å². The summed E-state index contributed by atoms with van der Waals surface area (Å²) in [6.07, 6.45) is 1.37. The lowest BCUT2D eigenvalue weighted by atomic mass is 9.66. The normalized spacial score (nSPS) is 21.9. The van der Waals surface area contributed by atoms with Crippen molar-refractivity contribution >= 4 is 45.4 Å². The Labute approximate surface area is 200 Å². The number of nitrogens with zero attached hydrogens (tertiary/aromatic N) is 1. The molecule has 8 nitrogen and oxygen atoms in total. The maximum absolute atomic E-state index is 13.9. The number of aliphatic hydroxyl groups excluding tert-OH is 1. The number of benzene rings is 2. The van der Waals surface area contributed by atoms with E-state index in [1.165, 1.54) is 13.0 Å². The van der Waals surface area contributed by atoms with Crippen LogP contribution in [0.2, 0.25) is 0 Å². The maximum Gasteiger partial charge on any atom is 0.221 e. The van der Waals surface area contributed by atoms with Crippen molar-refractivity contribution in [3.8, 4) is 0 Å². The fraction of sp³-hybridized carbons (Fsp3) is 0.320. The number of amidine groups is 1. The summed E-state index contributed by atoms with van der Waals surface area (Å²) in [6, 6.07) is 11.8. The van der Waals surface area contributed by atoms with Gasteiger partial charge in [-0.3, -0.25) is 18.7 Å². The van der Waals surface area contributed by atoms with E-state index in [0.717, 1.165) is 12.0 Å². The van der Waals surface area contributed by atoms with Gasteiger partial charge in [0.15, 0.2) is 11.6 Å². The van der Waals surface area contributed by atoms with Crippen LogP contribution < -0.4 is 10.6 Å². The second kappa shape index (κ2) is 8.57. The topological polar surface area (TPSA) is 131 Å². The van der Waals surface area contributed by atoms with E-state index in [-0.39, 0.29) is 33.8 Å². The molecule has 1 aliphatic carbocycles. The van der Waals surface area contributed by atoms with Gasteiger partial charge in [0, 0.05) is 18.2 Å². The Morgan fingerprint density at radius 1 is 1.21 bits per heavy atom. The highest BCUT2D eigenvalue weighted by atomic mass is 32.3. The number of ketones is 1. The summed E-state index contributed by atoms with van der Waals surface area (Å²) in [5.41, 5.74) is 1.00. The van der Waals surface area contributed by atoms with Crippen molar-refractivity contribution in [2.75, 3.05) is 10.6 Å². The van der Waals surface area contributed by atoms with E-state index in [1.807, 2.05) is 19.1 Å². The molecule has 1 atom stereocenters. The number of carbonyl (C=O) groups excluding carboxylic acids is 2. The van der Waals surface area contributed by atoms with Gasteiger partial charge >= 0.3 is 0 Å². The Bertz CT molecular complexity index is 1250. The second-order valence-corrected chi connectivity index (χ2v) is 11.0. The van der Waals surface area contributed by atoms with Gasteiger partial charge in [0.1, 0.15) is 16.2 Å². The lowest BCUT2D eigenvalue weighted by Crippen LogP contribution is -2.42. The van der Waals surface area contributed by atoms with E-state index in [4.69, 9.17) is 0 Å². The van der Waals surface area contributed by atoms with E-state index in [1.54, 1.807) is 24.3 Å². The van der Waals surface area contributed by atoms with E-state index >= 15 is 0 Å². The first kappa shape index (κ1) is 24.0. The molecule has 0 fully saturated rings. The Balaban J connectivity index is 1.83. The average Bonchev–Trinajstić information content (AvgIpc) is 2.76. The van der Waals surface area contributed by atoms with Crippen molar-refractivity contribution in [1.29, 1.82) is 0 Å². The summed E-state index contributed by atoms with van der Waals surface area (Å²) in [5.74, 6) is -0.591. The lowest BCUT2D eigenvalue weighted by molar-refractivity contribution is -0.120. The van der Waals surface area contributed by atoms with E-state index < -0.39 is 16.2 Å². The lowest BCUT2D eigenvalue weighted by Gasteiger charge is -2.39. The minimum absolute atomic E-state index is 0.0680. The van der Waals surface area contributed by atoms with Crippen LogP contribution in [0.15, 0.2) is 57.3 Å². The first-order valence-corrected chi connectivity index (χ1v) is 12.6. The summed E-state index contributed by atoms with van der Waals surface area (Å²) in [4.78, 5) is 25.4. The number of anilines is 2. The summed E-state index contributed by atoms with van der Waals surface area (Å²) >= 11 is 0. The minimum atomic E-state index is -3.71. The van der Waals surface area contributed by atoms with Gasteiger partial charge in [-0.2, -0.15) is 0 Å². The molecular weight excluding hydrogens is 454 g/mol. The molecule has 1 aliphatic heterocycles. The predicted octanol–water partition coefficient (Wildman–Crippen LogP) is 5.74. The molecule has 2 aromatic rings. The Kier molecular flexibility index (Phi) is 6.05. The molecule has 0 spiro atoms. The van der Waals surface area contributed by atoms with Gasteiger partial charge in [0.2, 0.25) is 5.91 Å². The van der Waals surface area contributed by atoms with Crippen LogP contribution in [0.4, 0.5) is 11.4 Å². The van der Waals surface area contributed by atoms with Crippen LogP contribution in [0.5, 0.6) is 0 Å². The number of fused-ring (bicyclic) bond motifs is 2. The maximum atomic E-state index is 13.9. The Morgan fingerprint density at radius 3 is 2.59 bits per heavy atom. The van der Waals surface area contributed by atoms with E-state index in [0.29, 0.717) is 29.3 Å². The molecule has 34 heavy (non-hydrogen) atoms. The molecule has 5 N–H and O–H groups in total. The van der Waals surface area contributed by atoms with Crippen molar-refractivity contribution < 1.29 is 23.8 Å². The smallest absolute Gasteiger partial charge is 0.221 e. The minimum Gasteiger partial charge on any atom is -0.506 e. The molecule has 0 bridgehead atoms. The largest absolute Gasteiger partial charge is 0.506 e. The molecule has 2 aliphatic rings. The van der Waals surface area contributed by atoms with Crippen molar-refractivity contribution in [1.82, 2.24) is 0 Å². The fourth-order valence-corrected chi connectivity index (χ4v) is 5.61. The third-order valence-corrected chi connectivity index (χ3v) is 7.63. The number of Topliss-reactive ketones (excluding diaryl/α,β-unsaturated/α-hetero) is 1.